The van der Waals surface area contributed by atoms with E-state index in [1.165, 1.54) is 24.1 Å². The van der Waals surface area contributed by atoms with E-state index < -0.39 is 28.5 Å². The monoisotopic (exact) mass is 571 g/mol. The van der Waals surface area contributed by atoms with Gasteiger partial charge in [-0.25, -0.2) is 8.42 Å². The molecule has 1 N–H and O–H groups in total. The van der Waals surface area contributed by atoms with Gasteiger partial charge in [-0.05, 0) is 60.9 Å². The van der Waals surface area contributed by atoms with Crippen molar-refractivity contribution in [1.29, 1.82) is 0 Å². The van der Waals surface area contributed by atoms with Crippen LogP contribution in [0.5, 0.6) is 5.75 Å². The van der Waals surface area contributed by atoms with Gasteiger partial charge >= 0.3 is 0 Å². The number of para-hydroxylation sites is 1. The zero-order valence-electron chi connectivity index (χ0n) is 22.3. The fourth-order valence-electron chi connectivity index (χ4n) is 4.09. The van der Waals surface area contributed by atoms with Crippen molar-refractivity contribution >= 4 is 39.1 Å². The minimum atomic E-state index is -4.15. The number of sulfonamides is 1. The fourth-order valence-corrected chi connectivity index (χ4v) is 5.70. The number of rotatable bonds is 13. The van der Waals surface area contributed by atoms with E-state index in [4.69, 9.17) is 16.3 Å². The third-order valence-corrected chi connectivity index (χ3v) is 8.36. The van der Waals surface area contributed by atoms with Gasteiger partial charge in [0, 0.05) is 18.1 Å². The number of nitrogens with zero attached hydrogens (tertiary/aromatic N) is 2. The minimum Gasteiger partial charge on any atom is -0.497 e. The van der Waals surface area contributed by atoms with Crippen molar-refractivity contribution in [2.45, 2.75) is 44.2 Å². The molecule has 0 spiro atoms. The van der Waals surface area contributed by atoms with Crippen LogP contribution in [0.2, 0.25) is 5.02 Å². The van der Waals surface area contributed by atoms with Crippen LogP contribution in [0.1, 0.15) is 32.3 Å². The van der Waals surface area contributed by atoms with E-state index in [1.807, 2.05) is 13.8 Å². The Labute approximate surface area is 235 Å². The number of carbonyl (C=O) groups is 2. The number of ether oxygens (including phenoxy) is 1. The molecule has 3 aromatic rings. The first kappa shape index (κ1) is 30.0. The summed E-state index contributed by atoms with van der Waals surface area (Å²) in [6.07, 6.45) is 1.07. The Morgan fingerprint density at radius 1 is 0.949 bits per heavy atom. The van der Waals surface area contributed by atoms with Gasteiger partial charge in [0.15, 0.2) is 0 Å². The fraction of sp³-hybridized carbons (Fsp3) is 0.310. The third-order valence-electron chi connectivity index (χ3n) is 6.20. The van der Waals surface area contributed by atoms with Gasteiger partial charge in [-0.3, -0.25) is 13.9 Å². The molecule has 0 fully saturated rings. The molecule has 2 amide bonds. The zero-order valence-corrected chi connectivity index (χ0v) is 23.9. The molecular formula is C29H34ClN3O5S. The van der Waals surface area contributed by atoms with E-state index in [-0.39, 0.29) is 17.3 Å². The van der Waals surface area contributed by atoms with E-state index in [2.05, 4.69) is 5.32 Å². The number of methoxy groups -OCH3 is 1. The summed E-state index contributed by atoms with van der Waals surface area (Å²) in [5.74, 6) is -0.329. The van der Waals surface area contributed by atoms with Crippen LogP contribution in [-0.2, 0) is 26.2 Å². The maximum absolute atomic E-state index is 14.0. The highest BCUT2D eigenvalue weighted by molar-refractivity contribution is 7.92. The Balaban J connectivity index is 2.03. The van der Waals surface area contributed by atoms with Crippen molar-refractivity contribution in [1.82, 2.24) is 10.2 Å². The number of anilines is 1. The Morgan fingerprint density at radius 2 is 1.59 bits per heavy atom. The van der Waals surface area contributed by atoms with Gasteiger partial charge in [0.25, 0.3) is 10.0 Å². The molecule has 0 saturated carbocycles. The van der Waals surface area contributed by atoms with Crippen LogP contribution in [0.3, 0.4) is 0 Å². The van der Waals surface area contributed by atoms with Crippen molar-refractivity contribution in [3.05, 3.63) is 89.4 Å². The highest BCUT2D eigenvalue weighted by Crippen LogP contribution is 2.26. The molecule has 0 aliphatic rings. The molecule has 3 aromatic carbocycles. The van der Waals surface area contributed by atoms with Crippen LogP contribution < -0.4 is 14.4 Å². The molecule has 208 valence electrons. The van der Waals surface area contributed by atoms with Crippen LogP contribution in [0.15, 0.2) is 83.8 Å². The highest BCUT2D eigenvalue weighted by atomic mass is 35.5. The molecule has 0 unspecified atom stereocenters. The van der Waals surface area contributed by atoms with Gasteiger partial charge in [-0.1, -0.05) is 61.8 Å². The Hall–Kier alpha value is -3.56. The van der Waals surface area contributed by atoms with Crippen LogP contribution in [0.25, 0.3) is 0 Å². The third kappa shape index (κ3) is 7.52. The molecule has 0 aliphatic carbocycles. The normalized spacial score (nSPS) is 11.9. The maximum Gasteiger partial charge on any atom is 0.264 e. The number of hydrogen-bond donors (Lipinski definition) is 1. The molecule has 8 nitrogen and oxygen atoms in total. The molecule has 10 heteroatoms. The smallest absolute Gasteiger partial charge is 0.264 e. The summed E-state index contributed by atoms with van der Waals surface area (Å²) in [5, 5.41) is 3.31. The van der Waals surface area contributed by atoms with Gasteiger partial charge in [-0.2, -0.15) is 0 Å². The lowest BCUT2D eigenvalue weighted by Crippen LogP contribution is -2.52. The molecule has 39 heavy (non-hydrogen) atoms. The Bertz CT molecular complexity index is 1350. The predicted molar refractivity (Wildman–Crippen MR) is 153 cm³/mol. The van der Waals surface area contributed by atoms with Crippen LogP contribution in [0, 0.1) is 0 Å². The lowest BCUT2D eigenvalue weighted by molar-refractivity contribution is -0.140. The highest BCUT2D eigenvalue weighted by Gasteiger charge is 2.33. The van der Waals surface area contributed by atoms with Gasteiger partial charge in [0.05, 0.1) is 17.7 Å². The van der Waals surface area contributed by atoms with E-state index in [1.54, 1.807) is 66.7 Å². The molecule has 3 rings (SSSR count). The largest absolute Gasteiger partial charge is 0.497 e. The maximum atomic E-state index is 14.0. The van der Waals surface area contributed by atoms with Gasteiger partial charge in [0.1, 0.15) is 18.3 Å². The van der Waals surface area contributed by atoms with Crippen LogP contribution in [-0.4, -0.2) is 51.4 Å². The second-order valence-corrected chi connectivity index (χ2v) is 11.1. The molecule has 0 bridgehead atoms. The topological polar surface area (TPSA) is 96.0 Å². The molecule has 0 heterocycles. The molecule has 0 saturated heterocycles. The zero-order chi connectivity index (χ0) is 28.4. The molecule has 0 radical (unpaired) electrons. The molecule has 1 atom stereocenters. The van der Waals surface area contributed by atoms with Gasteiger partial charge in [-0.15, -0.1) is 0 Å². The Morgan fingerprint density at radius 3 is 2.18 bits per heavy atom. The van der Waals surface area contributed by atoms with Crippen molar-refractivity contribution < 1.29 is 22.7 Å². The van der Waals surface area contributed by atoms with E-state index in [9.17, 15) is 18.0 Å². The summed E-state index contributed by atoms with van der Waals surface area (Å²) in [6, 6.07) is 20.6. The number of hydrogen-bond acceptors (Lipinski definition) is 5. The van der Waals surface area contributed by atoms with E-state index >= 15 is 0 Å². The Kier molecular flexibility index (Phi) is 10.8. The number of carbonyl (C=O) groups excluding carboxylic acids is 2. The minimum absolute atomic E-state index is 0.00494. The molecule has 0 aliphatic heterocycles. The second-order valence-electron chi connectivity index (χ2n) is 8.85. The number of amides is 2. The van der Waals surface area contributed by atoms with Gasteiger partial charge < -0.3 is 15.0 Å². The summed E-state index contributed by atoms with van der Waals surface area (Å²) in [6.45, 7) is 3.75. The van der Waals surface area contributed by atoms with E-state index in [0.717, 1.165) is 10.7 Å². The lowest BCUT2D eigenvalue weighted by atomic mass is 10.1. The van der Waals surface area contributed by atoms with Crippen molar-refractivity contribution in [2.24, 2.45) is 0 Å². The second kappa shape index (κ2) is 14.0. The van der Waals surface area contributed by atoms with E-state index in [0.29, 0.717) is 35.0 Å². The van der Waals surface area contributed by atoms with Crippen molar-refractivity contribution in [3.63, 3.8) is 0 Å². The van der Waals surface area contributed by atoms with Crippen LogP contribution >= 0.6 is 11.6 Å². The number of halogens is 1. The standard InChI is InChI=1S/C29H34ClN3O5S/c1-4-19-31-29(35)27(5-2)32(20-22-11-9-10-14-26(22)30)28(34)21-33(23-12-7-6-8-13-23)39(36,37)25-17-15-24(38-3)16-18-25/h6-18,27H,4-5,19-21H2,1-3H3,(H,31,35)/t27-/m1/s1. The first-order valence-corrected chi connectivity index (χ1v) is 14.6. The quantitative estimate of drug-likeness (QED) is 0.315. The molecular weight excluding hydrogens is 538 g/mol. The first-order valence-electron chi connectivity index (χ1n) is 12.7. The first-order chi connectivity index (χ1) is 18.7. The summed E-state index contributed by atoms with van der Waals surface area (Å²) < 4.78 is 33.9. The summed E-state index contributed by atoms with van der Waals surface area (Å²) in [7, 11) is -2.66. The average molecular weight is 572 g/mol. The molecule has 0 aromatic heterocycles. The number of nitrogens with one attached hydrogen (secondary N) is 1. The van der Waals surface area contributed by atoms with Crippen molar-refractivity contribution in [2.75, 3.05) is 24.5 Å². The lowest BCUT2D eigenvalue weighted by Gasteiger charge is -2.33. The van der Waals surface area contributed by atoms with Crippen LogP contribution in [0.4, 0.5) is 5.69 Å². The van der Waals surface area contributed by atoms with Gasteiger partial charge in [0.2, 0.25) is 11.8 Å². The van der Waals surface area contributed by atoms with Crippen molar-refractivity contribution in [3.8, 4) is 5.75 Å². The summed E-state index contributed by atoms with van der Waals surface area (Å²) in [4.78, 5) is 28.5. The predicted octanol–water partition coefficient (Wildman–Crippen LogP) is 4.88. The number of benzene rings is 3. The average Bonchev–Trinajstić information content (AvgIpc) is 2.95. The summed E-state index contributed by atoms with van der Waals surface area (Å²) in [5.41, 5.74) is 0.973. The SMILES string of the molecule is CCCNC(=O)[C@@H](CC)N(Cc1ccccc1Cl)C(=O)CN(c1ccccc1)S(=O)(=O)c1ccc(OC)cc1. The summed E-state index contributed by atoms with van der Waals surface area (Å²) >= 11 is 6.41.